The number of aliphatic hydroxyl groups excluding tert-OH is 2. The Morgan fingerprint density at radius 1 is 0.955 bits per heavy atom. The van der Waals surface area contributed by atoms with E-state index in [4.69, 9.17) is 33.7 Å². The van der Waals surface area contributed by atoms with E-state index >= 15 is 0 Å². The van der Waals surface area contributed by atoms with Crippen molar-refractivity contribution >= 4 is 59.8 Å². The molecule has 3 heterocycles. The van der Waals surface area contributed by atoms with Gasteiger partial charge in [0, 0.05) is 48.8 Å². The molecule has 66 heavy (non-hydrogen) atoms. The van der Waals surface area contributed by atoms with Crippen molar-refractivity contribution in [3.8, 4) is 0 Å². The average Bonchev–Trinajstić information content (AvgIpc) is 3.82. The number of carbonyl (C=O) groups excluding carboxylic acids is 4. The summed E-state index contributed by atoms with van der Waals surface area (Å²) in [4.78, 5) is 91.9. The smallest absolute Gasteiger partial charge is 0.387 e. The number of nitrogens with two attached hydrogens (primary N) is 1. The number of nitro benzene ring substituents is 1. The molecule has 3 amide bonds. The molecule has 1 saturated heterocycles. The molecular weight excluding hydrogens is 897 g/mol. The number of nitrogen functional groups attached to an aromatic ring is 1. The SMILES string of the molecule is CC(=O)CCC(=O)Nc1ccc(C(=O)NCCOCCOCCOCCNC(=O)c2ccc(C(C)OP(=O)(O)OC[C@H]3O[C@@H](n4cnc5c(=O)[nH]c(N)nc54)[C@H](O)[C@@H]3O)c([N+](=O)[O-])c2)cc1. The molecule has 2 aromatic carbocycles. The lowest BCUT2D eigenvalue weighted by Gasteiger charge is -2.20. The molecule has 1 aliphatic rings. The van der Waals surface area contributed by atoms with Gasteiger partial charge in [-0.15, -0.1) is 0 Å². The maximum atomic E-state index is 12.9. The first-order valence-corrected chi connectivity index (χ1v) is 21.8. The number of H-pyrrole nitrogens is 1. The first kappa shape index (κ1) is 50.9. The van der Waals surface area contributed by atoms with Crippen LogP contribution in [-0.2, 0) is 42.1 Å². The van der Waals surface area contributed by atoms with Gasteiger partial charge in [0.15, 0.2) is 17.4 Å². The molecule has 9 N–H and O–H groups in total. The maximum Gasteiger partial charge on any atom is 0.472 e. The molecule has 26 nitrogen and oxygen atoms in total. The zero-order chi connectivity index (χ0) is 48.0. The molecule has 4 aromatic rings. The molecule has 1 fully saturated rings. The lowest BCUT2D eigenvalue weighted by atomic mass is 10.0. The Labute approximate surface area is 374 Å². The van der Waals surface area contributed by atoms with Gasteiger partial charge in [-0.25, -0.2) is 9.55 Å². The largest absolute Gasteiger partial charge is 0.472 e. The number of hydrogen-bond donors (Lipinski definition) is 8. The Bertz CT molecular complexity index is 2450. The van der Waals surface area contributed by atoms with E-state index in [1.165, 1.54) is 26.0 Å². The van der Waals surface area contributed by atoms with E-state index in [2.05, 4.69) is 30.9 Å². The second kappa shape index (κ2) is 23.9. The number of Topliss-reactive ketones (excluding diaryl/α,β-unsaturated/α-hetero) is 1. The first-order valence-electron chi connectivity index (χ1n) is 20.3. The number of ketones is 1. The molecule has 27 heteroatoms. The van der Waals surface area contributed by atoms with E-state index in [0.717, 1.165) is 17.0 Å². The van der Waals surface area contributed by atoms with Crippen LogP contribution >= 0.6 is 7.82 Å². The molecule has 6 atom stereocenters. The molecule has 5 rings (SSSR count). The van der Waals surface area contributed by atoms with Gasteiger partial charge in [0.25, 0.3) is 23.1 Å². The van der Waals surface area contributed by atoms with Crippen LogP contribution in [0.25, 0.3) is 11.2 Å². The number of amides is 3. The second-order valence-electron chi connectivity index (χ2n) is 14.5. The topological polar surface area (TPSA) is 370 Å². The third kappa shape index (κ3) is 14.5. The maximum absolute atomic E-state index is 12.9. The molecule has 358 valence electrons. The normalized spacial score (nSPS) is 18.4. The van der Waals surface area contributed by atoms with Gasteiger partial charge < -0.3 is 60.5 Å². The van der Waals surface area contributed by atoms with Crippen molar-refractivity contribution in [3.63, 3.8) is 0 Å². The van der Waals surface area contributed by atoms with E-state index in [1.807, 2.05) is 0 Å². The van der Waals surface area contributed by atoms with Gasteiger partial charge in [-0.3, -0.25) is 47.9 Å². The highest BCUT2D eigenvalue weighted by Crippen LogP contribution is 2.49. The molecule has 1 aliphatic heterocycles. The van der Waals surface area contributed by atoms with E-state index in [0.29, 0.717) is 11.3 Å². The van der Waals surface area contributed by atoms with Gasteiger partial charge in [-0.2, -0.15) is 4.98 Å². The van der Waals surface area contributed by atoms with Crippen molar-refractivity contribution in [1.82, 2.24) is 30.2 Å². The second-order valence-corrected chi connectivity index (χ2v) is 15.9. The highest BCUT2D eigenvalue weighted by Gasteiger charge is 2.45. The quantitative estimate of drug-likeness (QED) is 0.0185. The summed E-state index contributed by atoms with van der Waals surface area (Å²) in [6, 6.07) is 9.73. The van der Waals surface area contributed by atoms with Crippen LogP contribution < -0.4 is 27.2 Å². The molecule has 2 unspecified atom stereocenters. The van der Waals surface area contributed by atoms with Gasteiger partial charge in [-0.1, -0.05) is 0 Å². The Balaban J connectivity index is 0.944. The number of anilines is 2. The van der Waals surface area contributed by atoms with Crippen molar-refractivity contribution in [3.05, 3.63) is 86.0 Å². The summed E-state index contributed by atoms with van der Waals surface area (Å²) in [7, 11) is -5.00. The number of fused-ring (bicyclic) bond motifs is 1. The summed E-state index contributed by atoms with van der Waals surface area (Å²) in [5.41, 5.74) is 4.83. The van der Waals surface area contributed by atoms with E-state index in [-0.39, 0.29) is 111 Å². The highest BCUT2D eigenvalue weighted by molar-refractivity contribution is 7.47. The van der Waals surface area contributed by atoms with Crippen LogP contribution in [0.3, 0.4) is 0 Å². The number of rotatable bonds is 26. The van der Waals surface area contributed by atoms with E-state index < -0.39 is 67.2 Å². The zero-order valence-corrected chi connectivity index (χ0v) is 36.5. The van der Waals surface area contributed by atoms with Gasteiger partial charge in [0.1, 0.15) is 24.1 Å². The minimum atomic E-state index is -5.00. The number of nitro groups is 1. The highest BCUT2D eigenvalue weighted by atomic mass is 31.2. The molecule has 0 spiro atoms. The Kier molecular flexibility index (Phi) is 18.5. The molecule has 0 bridgehead atoms. The van der Waals surface area contributed by atoms with Crippen LogP contribution in [0.1, 0.15) is 65.3 Å². The number of aromatic nitrogens is 4. The summed E-state index contributed by atoms with van der Waals surface area (Å²) in [6.07, 6.45) is -6.09. The number of ether oxygens (including phenoxy) is 4. The molecule has 0 saturated carbocycles. The number of phosphoric acid groups is 1. The minimum Gasteiger partial charge on any atom is -0.387 e. The fraction of sp³-hybridized carbons (Fsp3) is 0.462. The predicted molar refractivity (Wildman–Crippen MR) is 229 cm³/mol. The number of nitrogens with one attached hydrogen (secondary N) is 4. The van der Waals surface area contributed by atoms with Crippen LogP contribution in [0.2, 0.25) is 0 Å². The van der Waals surface area contributed by atoms with Crippen LogP contribution in [0.15, 0.2) is 53.6 Å². The lowest BCUT2D eigenvalue weighted by molar-refractivity contribution is -0.386. The van der Waals surface area contributed by atoms with Gasteiger partial charge >= 0.3 is 7.82 Å². The Morgan fingerprint density at radius 2 is 1.56 bits per heavy atom. The average molecular weight is 948 g/mol. The molecule has 0 radical (unpaired) electrons. The summed E-state index contributed by atoms with van der Waals surface area (Å²) in [6.45, 7) is 3.44. The van der Waals surface area contributed by atoms with Crippen molar-refractivity contribution in [1.29, 1.82) is 0 Å². The van der Waals surface area contributed by atoms with Gasteiger partial charge in [-0.05, 0) is 50.2 Å². The Hall–Kier alpha value is -6.06. The minimum absolute atomic E-state index is 0.0537. The number of benzene rings is 2. The van der Waals surface area contributed by atoms with Gasteiger partial charge in [0.05, 0.1) is 69.2 Å². The van der Waals surface area contributed by atoms with E-state index in [1.54, 1.807) is 24.3 Å². The zero-order valence-electron chi connectivity index (χ0n) is 35.7. The summed E-state index contributed by atoms with van der Waals surface area (Å²) < 4.78 is 46.2. The monoisotopic (exact) mass is 947 g/mol. The molecular formula is C39H50N9O17P. The van der Waals surface area contributed by atoms with Crippen molar-refractivity contribution in [2.75, 3.05) is 70.4 Å². The number of imidazole rings is 1. The van der Waals surface area contributed by atoms with Crippen LogP contribution in [0, 0.1) is 10.1 Å². The van der Waals surface area contributed by atoms with Crippen LogP contribution in [0.4, 0.5) is 17.3 Å². The number of hydrogen-bond acceptors (Lipinski definition) is 19. The fourth-order valence-electron chi connectivity index (χ4n) is 6.30. The third-order valence-corrected chi connectivity index (χ3v) is 10.7. The number of aromatic amines is 1. The standard InChI is InChI=1S/C39H50N9O17P/c1-22(49)3-10-30(50)44-26-7-4-24(5-8-26)35(53)41-11-13-60-15-17-62-18-16-61-14-12-42-36(54)25-6-9-27(28(19-25)48(56)57)23(2)65-66(58,59)63-20-29-32(51)33(52)38(64-29)47-21-43-31-34(47)45-39(40)46-37(31)55/h4-9,19,21,23,29,32-33,38,51-52H,3,10-18,20H2,1-2H3,(H,41,53)(H,42,54)(H,44,50)(H,58,59)(H3,40,45,46,55)/t23?,29-,32-,33-,38-/m1/s1. The van der Waals surface area contributed by atoms with E-state index in [9.17, 15) is 53.8 Å². The number of nitrogens with zero attached hydrogens (tertiary/aromatic N) is 4. The Morgan fingerprint density at radius 3 is 2.18 bits per heavy atom. The number of aliphatic hydroxyl groups is 2. The first-order chi connectivity index (χ1) is 31.4. The number of phosphoric ester groups is 1. The summed E-state index contributed by atoms with van der Waals surface area (Å²) in [5, 5.41) is 41.2. The predicted octanol–water partition coefficient (Wildman–Crippen LogP) is 0.641. The van der Waals surface area contributed by atoms with Crippen molar-refractivity contribution in [2.24, 2.45) is 0 Å². The number of carbonyl (C=O) groups is 4. The lowest BCUT2D eigenvalue weighted by Crippen LogP contribution is -2.33. The van der Waals surface area contributed by atoms with Gasteiger partial charge in [0.2, 0.25) is 11.9 Å². The summed E-state index contributed by atoms with van der Waals surface area (Å²) >= 11 is 0. The fourth-order valence-corrected chi connectivity index (χ4v) is 7.21. The van der Waals surface area contributed by atoms with Crippen molar-refractivity contribution in [2.45, 2.75) is 57.3 Å². The van der Waals surface area contributed by atoms with Crippen molar-refractivity contribution < 1.29 is 71.8 Å². The van der Waals surface area contributed by atoms with Crippen LogP contribution in [0.5, 0.6) is 0 Å². The third-order valence-electron chi connectivity index (χ3n) is 9.63. The molecule has 2 aromatic heterocycles. The summed E-state index contributed by atoms with van der Waals surface area (Å²) in [5.74, 6) is -1.59. The van der Waals surface area contributed by atoms with Crippen LogP contribution in [-0.4, -0.2) is 141 Å². The molecule has 0 aliphatic carbocycles.